The van der Waals surface area contributed by atoms with Crippen molar-refractivity contribution < 1.29 is 9.53 Å². The molecule has 3 N–H and O–H groups in total. The van der Waals surface area contributed by atoms with Gasteiger partial charge in [-0.25, -0.2) is 9.78 Å². The second-order valence-electron chi connectivity index (χ2n) is 4.28. The quantitative estimate of drug-likeness (QED) is 0.724. The third kappa shape index (κ3) is 3.25. The van der Waals surface area contributed by atoms with Crippen molar-refractivity contribution in [2.24, 2.45) is 0 Å². The van der Waals surface area contributed by atoms with Gasteiger partial charge in [-0.05, 0) is 19.1 Å². The van der Waals surface area contributed by atoms with Crippen LogP contribution < -0.4 is 16.2 Å². The standard InChI is InChI=1S/C13H16N4O3/c1-8-3-4-10-9(7-8)11(18)17-12(16-10)14-5-6-15-13(19)20-2/h3-4,7H,5-6H2,1-2H3,(H,15,19)(H2,14,16,17,18). The number of anilines is 1. The second kappa shape index (κ2) is 6.05. The van der Waals surface area contributed by atoms with Crippen molar-refractivity contribution in [1.29, 1.82) is 0 Å². The number of alkyl carbamates (subject to hydrolysis) is 1. The first kappa shape index (κ1) is 13.9. The number of ether oxygens (including phenoxy) is 1. The van der Waals surface area contributed by atoms with Crippen molar-refractivity contribution in [3.63, 3.8) is 0 Å². The predicted octanol–water partition coefficient (Wildman–Crippen LogP) is 0.999. The molecule has 0 saturated carbocycles. The first-order valence-corrected chi connectivity index (χ1v) is 6.16. The number of hydrogen-bond acceptors (Lipinski definition) is 5. The van der Waals surface area contributed by atoms with Crippen LogP contribution in [-0.4, -0.2) is 36.3 Å². The minimum atomic E-state index is -0.498. The van der Waals surface area contributed by atoms with Gasteiger partial charge >= 0.3 is 6.09 Å². The fourth-order valence-electron chi connectivity index (χ4n) is 1.75. The summed E-state index contributed by atoms with van der Waals surface area (Å²) >= 11 is 0. The van der Waals surface area contributed by atoms with Crippen molar-refractivity contribution >= 4 is 22.9 Å². The Bertz CT molecular complexity index is 681. The lowest BCUT2D eigenvalue weighted by molar-refractivity contribution is 0.171. The van der Waals surface area contributed by atoms with E-state index in [1.165, 1.54) is 7.11 Å². The smallest absolute Gasteiger partial charge is 0.406 e. The molecule has 1 aromatic heterocycles. The van der Waals surface area contributed by atoms with Crippen molar-refractivity contribution in [1.82, 2.24) is 15.3 Å². The molecular weight excluding hydrogens is 260 g/mol. The van der Waals surface area contributed by atoms with Crippen LogP contribution in [0.25, 0.3) is 10.9 Å². The summed E-state index contributed by atoms with van der Waals surface area (Å²) in [6.45, 7) is 2.71. The summed E-state index contributed by atoms with van der Waals surface area (Å²) in [6.07, 6.45) is -0.498. The molecule has 2 aromatic rings. The van der Waals surface area contributed by atoms with Crippen molar-refractivity contribution in [3.8, 4) is 0 Å². The van der Waals surface area contributed by atoms with Crippen molar-refractivity contribution in [2.45, 2.75) is 6.92 Å². The molecule has 1 aromatic carbocycles. The number of aryl methyl sites for hydroxylation is 1. The summed E-state index contributed by atoms with van der Waals surface area (Å²) in [5.41, 5.74) is 1.44. The Morgan fingerprint density at radius 2 is 2.20 bits per heavy atom. The molecule has 20 heavy (non-hydrogen) atoms. The lowest BCUT2D eigenvalue weighted by atomic mass is 10.2. The molecule has 2 rings (SSSR count). The number of H-pyrrole nitrogens is 1. The maximum atomic E-state index is 11.9. The molecule has 0 unspecified atom stereocenters. The SMILES string of the molecule is COC(=O)NCCNc1nc2ccc(C)cc2c(=O)[nH]1. The number of carbonyl (C=O) groups is 1. The number of nitrogens with zero attached hydrogens (tertiary/aromatic N) is 1. The van der Waals surface area contributed by atoms with Crippen LogP contribution in [0.5, 0.6) is 0 Å². The van der Waals surface area contributed by atoms with Gasteiger partial charge in [0, 0.05) is 13.1 Å². The van der Waals surface area contributed by atoms with Crippen molar-refractivity contribution in [2.75, 3.05) is 25.5 Å². The van der Waals surface area contributed by atoms with Gasteiger partial charge in [-0.2, -0.15) is 0 Å². The Morgan fingerprint density at radius 1 is 1.40 bits per heavy atom. The summed E-state index contributed by atoms with van der Waals surface area (Å²) < 4.78 is 4.44. The highest BCUT2D eigenvalue weighted by Gasteiger charge is 2.04. The van der Waals surface area contributed by atoms with Gasteiger partial charge in [-0.1, -0.05) is 11.6 Å². The number of nitrogens with one attached hydrogen (secondary N) is 3. The zero-order valence-corrected chi connectivity index (χ0v) is 11.3. The van der Waals surface area contributed by atoms with Crippen LogP contribution in [0.3, 0.4) is 0 Å². The molecule has 7 nitrogen and oxygen atoms in total. The number of fused-ring (bicyclic) bond motifs is 1. The molecule has 0 radical (unpaired) electrons. The average Bonchev–Trinajstić information content (AvgIpc) is 2.44. The number of carbonyl (C=O) groups excluding carboxylic acids is 1. The Hall–Kier alpha value is -2.57. The van der Waals surface area contributed by atoms with E-state index in [2.05, 4.69) is 25.3 Å². The number of methoxy groups -OCH3 is 1. The molecule has 0 saturated heterocycles. The van der Waals surface area contributed by atoms with Crippen LogP contribution in [0, 0.1) is 6.92 Å². The van der Waals surface area contributed by atoms with Crippen LogP contribution in [0.1, 0.15) is 5.56 Å². The van der Waals surface area contributed by atoms with E-state index in [1.807, 2.05) is 13.0 Å². The Labute approximate surface area is 115 Å². The van der Waals surface area contributed by atoms with Crippen LogP contribution in [-0.2, 0) is 4.74 Å². The van der Waals surface area contributed by atoms with Gasteiger partial charge in [0.15, 0.2) is 0 Å². The molecule has 0 fully saturated rings. The third-order valence-electron chi connectivity index (χ3n) is 2.73. The number of aromatic nitrogens is 2. The Kier molecular flexibility index (Phi) is 4.19. The molecule has 7 heteroatoms. The van der Waals surface area contributed by atoms with Gasteiger partial charge in [0.25, 0.3) is 5.56 Å². The van der Waals surface area contributed by atoms with Crippen molar-refractivity contribution in [3.05, 3.63) is 34.1 Å². The minimum Gasteiger partial charge on any atom is -0.453 e. The van der Waals surface area contributed by atoms with Gasteiger partial charge in [0.05, 0.1) is 18.0 Å². The van der Waals surface area contributed by atoms with Gasteiger partial charge in [0.1, 0.15) is 0 Å². The highest BCUT2D eigenvalue weighted by molar-refractivity contribution is 5.79. The van der Waals surface area contributed by atoms with E-state index in [9.17, 15) is 9.59 Å². The van der Waals surface area contributed by atoms with Gasteiger partial charge in [-0.15, -0.1) is 0 Å². The topological polar surface area (TPSA) is 96.1 Å². The van der Waals surface area contributed by atoms with Gasteiger partial charge in [-0.3, -0.25) is 9.78 Å². The fraction of sp³-hybridized carbons (Fsp3) is 0.308. The number of rotatable bonds is 4. The summed E-state index contributed by atoms with van der Waals surface area (Å²) in [6, 6.07) is 5.50. The number of hydrogen-bond donors (Lipinski definition) is 3. The normalized spacial score (nSPS) is 10.3. The highest BCUT2D eigenvalue weighted by atomic mass is 16.5. The lowest BCUT2D eigenvalue weighted by Crippen LogP contribution is -2.29. The monoisotopic (exact) mass is 276 g/mol. The molecule has 0 aliphatic heterocycles. The van der Waals surface area contributed by atoms with Gasteiger partial charge < -0.3 is 15.4 Å². The number of benzene rings is 1. The van der Waals surface area contributed by atoms with E-state index in [-0.39, 0.29) is 5.56 Å². The predicted molar refractivity (Wildman–Crippen MR) is 76.0 cm³/mol. The number of amides is 1. The lowest BCUT2D eigenvalue weighted by Gasteiger charge is -2.07. The highest BCUT2D eigenvalue weighted by Crippen LogP contribution is 2.10. The third-order valence-corrected chi connectivity index (χ3v) is 2.73. The molecule has 1 amide bonds. The first-order valence-electron chi connectivity index (χ1n) is 6.16. The van der Waals surface area contributed by atoms with E-state index in [1.54, 1.807) is 12.1 Å². The van der Waals surface area contributed by atoms with Gasteiger partial charge in [0.2, 0.25) is 5.95 Å². The molecule has 0 aliphatic rings. The van der Waals surface area contributed by atoms with E-state index in [4.69, 9.17) is 0 Å². The summed E-state index contributed by atoms with van der Waals surface area (Å²) in [7, 11) is 1.30. The first-order chi connectivity index (χ1) is 9.60. The molecule has 0 aliphatic carbocycles. The fourth-order valence-corrected chi connectivity index (χ4v) is 1.75. The van der Waals surface area contributed by atoms with E-state index in [0.29, 0.717) is 29.9 Å². The van der Waals surface area contributed by atoms with Crippen LogP contribution in [0.15, 0.2) is 23.0 Å². The van der Waals surface area contributed by atoms with Crippen LogP contribution in [0.2, 0.25) is 0 Å². The second-order valence-corrected chi connectivity index (χ2v) is 4.28. The Morgan fingerprint density at radius 3 is 2.95 bits per heavy atom. The van der Waals surface area contributed by atoms with E-state index < -0.39 is 6.09 Å². The molecule has 0 spiro atoms. The molecule has 106 valence electrons. The number of aromatic amines is 1. The molecular formula is C13H16N4O3. The minimum absolute atomic E-state index is 0.192. The van der Waals surface area contributed by atoms with Crippen LogP contribution in [0.4, 0.5) is 10.7 Å². The van der Waals surface area contributed by atoms with E-state index >= 15 is 0 Å². The maximum absolute atomic E-state index is 11.9. The molecule has 0 bridgehead atoms. The summed E-state index contributed by atoms with van der Waals surface area (Å²) in [5, 5.41) is 6.01. The summed E-state index contributed by atoms with van der Waals surface area (Å²) in [5.74, 6) is 0.373. The Balaban J connectivity index is 2.06. The largest absolute Gasteiger partial charge is 0.453 e. The zero-order valence-electron chi connectivity index (χ0n) is 11.3. The zero-order chi connectivity index (χ0) is 14.5. The van der Waals surface area contributed by atoms with Crippen LogP contribution >= 0.6 is 0 Å². The molecule has 0 atom stereocenters. The summed E-state index contributed by atoms with van der Waals surface area (Å²) in [4.78, 5) is 29.7. The van der Waals surface area contributed by atoms with E-state index in [0.717, 1.165) is 5.56 Å². The maximum Gasteiger partial charge on any atom is 0.406 e. The molecule has 1 heterocycles. The average molecular weight is 276 g/mol.